The summed E-state index contributed by atoms with van der Waals surface area (Å²) in [6.07, 6.45) is 3.51. The summed E-state index contributed by atoms with van der Waals surface area (Å²) < 4.78 is 12.8. The molecule has 0 aliphatic carbocycles. The van der Waals surface area contributed by atoms with E-state index in [1.54, 1.807) is 14.2 Å². The molecule has 5 aromatic rings. The van der Waals surface area contributed by atoms with Crippen molar-refractivity contribution >= 4 is 33.6 Å². The quantitative estimate of drug-likeness (QED) is 0.391. The number of anilines is 2. The standard InChI is InChI=1S/C22H20N6O3/c1-30-15-7-13(8-16(10-15)31-2)11-28-6-5-17-20(23-12-24-21(17)28)25-14-3-4-18-19(9-14)27-22(29)26-18/h3-10,12H,11H2,1-2H3,(H,23,24,25)(H2,26,27,29). The molecule has 0 radical (unpaired) electrons. The van der Waals surface area contributed by atoms with Crippen LogP contribution < -0.4 is 20.5 Å². The fraction of sp³-hybridized carbons (Fsp3) is 0.136. The highest BCUT2D eigenvalue weighted by Gasteiger charge is 2.11. The summed E-state index contributed by atoms with van der Waals surface area (Å²) in [5.41, 5.74) is 3.89. The van der Waals surface area contributed by atoms with Crippen molar-refractivity contribution in [2.45, 2.75) is 6.54 Å². The average molecular weight is 416 g/mol. The van der Waals surface area contributed by atoms with Crippen molar-refractivity contribution in [2.75, 3.05) is 19.5 Å². The van der Waals surface area contributed by atoms with Crippen LogP contribution >= 0.6 is 0 Å². The normalized spacial score (nSPS) is 11.2. The Labute approximate surface area is 176 Å². The average Bonchev–Trinajstić information content (AvgIpc) is 3.36. The van der Waals surface area contributed by atoms with Gasteiger partial charge in [-0.15, -0.1) is 0 Å². The predicted octanol–water partition coefficient (Wildman–Crippen LogP) is 3.41. The minimum Gasteiger partial charge on any atom is -0.497 e. The summed E-state index contributed by atoms with van der Waals surface area (Å²) in [7, 11) is 3.27. The third-order valence-electron chi connectivity index (χ3n) is 5.10. The van der Waals surface area contributed by atoms with Crippen molar-refractivity contribution in [1.29, 1.82) is 0 Å². The molecular weight excluding hydrogens is 396 g/mol. The van der Waals surface area contributed by atoms with Gasteiger partial charge in [0.2, 0.25) is 0 Å². The Hall–Kier alpha value is -4.27. The monoisotopic (exact) mass is 416 g/mol. The number of fused-ring (bicyclic) bond motifs is 2. The lowest BCUT2D eigenvalue weighted by atomic mass is 10.2. The Morgan fingerprint density at radius 3 is 2.52 bits per heavy atom. The van der Waals surface area contributed by atoms with Crippen molar-refractivity contribution in [2.24, 2.45) is 0 Å². The van der Waals surface area contributed by atoms with Crippen LogP contribution in [0.15, 0.2) is 59.8 Å². The molecule has 2 aromatic carbocycles. The lowest BCUT2D eigenvalue weighted by Gasteiger charge is -2.10. The van der Waals surface area contributed by atoms with E-state index >= 15 is 0 Å². The van der Waals surface area contributed by atoms with E-state index in [0.29, 0.717) is 12.4 Å². The Morgan fingerprint density at radius 1 is 0.968 bits per heavy atom. The van der Waals surface area contributed by atoms with E-state index < -0.39 is 0 Å². The number of H-pyrrole nitrogens is 2. The molecule has 3 heterocycles. The number of nitrogens with one attached hydrogen (secondary N) is 3. The van der Waals surface area contributed by atoms with E-state index in [-0.39, 0.29) is 5.69 Å². The maximum atomic E-state index is 11.5. The first kappa shape index (κ1) is 18.7. The van der Waals surface area contributed by atoms with Crippen LogP contribution in [-0.2, 0) is 6.54 Å². The number of aromatic nitrogens is 5. The van der Waals surface area contributed by atoms with Crippen LogP contribution in [0.2, 0.25) is 0 Å². The number of methoxy groups -OCH3 is 2. The van der Waals surface area contributed by atoms with Crippen LogP contribution in [0.5, 0.6) is 11.5 Å². The molecule has 0 atom stereocenters. The Kier molecular flexibility index (Phi) is 4.55. The van der Waals surface area contributed by atoms with Crippen LogP contribution in [-0.4, -0.2) is 38.7 Å². The number of aromatic amines is 2. The van der Waals surface area contributed by atoms with Crippen molar-refractivity contribution in [1.82, 2.24) is 24.5 Å². The van der Waals surface area contributed by atoms with E-state index in [4.69, 9.17) is 9.47 Å². The second-order valence-electron chi connectivity index (χ2n) is 7.09. The molecule has 0 saturated heterocycles. The topological polar surface area (TPSA) is 110 Å². The molecule has 0 spiro atoms. The highest BCUT2D eigenvalue weighted by Crippen LogP contribution is 2.27. The molecule has 156 valence electrons. The van der Waals surface area contributed by atoms with Crippen LogP contribution in [0.25, 0.3) is 22.1 Å². The van der Waals surface area contributed by atoms with Crippen LogP contribution in [0.4, 0.5) is 11.5 Å². The summed E-state index contributed by atoms with van der Waals surface area (Å²) in [6.45, 7) is 0.601. The number of hydrogen-bond acceptors (Lipinski definition) is 6. The summed E-state index contributed by atoms with van der Waals surface area (Å²) in [4.78, 5) is 25.9. The van der Waals surface area contributed by atoms with Gasteiger partial charge in [0, 0.05) is 24.5 Å². The Balaban J connectivity index is 1.47. The second-order valence-corrected chi connectivity index (χ2v) is 7.09. The van der Waals surface area contributed by atoms with Gasteiger partial charge in [-0.2, -0.15) is 0 Å². The van der Waals surface area contributed by atoms with E-state index in [1.807, 2.05) is 53.2 Å². The number of rotatable bonds is 6. The zero-order valence-electron chi connectivity index (χ0n) is 17.0. The number of nitrogens with zero attached hydrogens (tertiary/aromatic N) is 3. The molecule has 0 fully saturated rings. The van der Waals surface area contributed by atoms with Gasteiger partial charge in [-0.05, 0) is 42.0 Å². The smallest absolute Gasteiger partial charge is 0.323 e. The molecule has 0 bridgehead atoms. The fourth-order valence-corrected chi connectivity index (χ4v) is 3.63. The van der Waals surface area contributed by atoms with Crippen molar-refractivity contribution < 1.29 is 9.47 Å². The third-order valence-corrected chi connectivity index (χ3v) is 5.10. The molecule has 0 unspecified atom stereocenters. The molecule has 0 amide bonds. The van der Waals surface area contributed by atoms with Crippen LogP contribution in [0.3, 0.4) is 0 Å². The predicted molar refractivity (Wildman–Crippen MR) is 118 cm³/mol. The number of hydrogen-bond donors (Lipinski definition) is 3. The van der Waals surface area contributed by atoms with Gasteiger partial charge in [0.05, 0.1) is 30.6 Å². The van der Waals surface area contributed by atoms with Crippen LogP contribution in [0, 0.1) is 0 Å². The van der Waals surface area contributed by atoms with Gasteiger partial charge >= 0.3 is 5.69 Å². The molecule has 31 heavy (non-hydrogen) atoms. The summed E-state index contributed by atoms with van der Waals surface area (Å²) >= 11 is 0. The second kappa shape index (κ2) is 7.52. The van der Waals surface area contributed by atoms with E-state index in [1.165, 1.54) is 6.33 Å². The molecule has 9 heteroatoms. The minimum absolute atomic E-state index is 0.233. The fourth-order valence-electron chi connectivity index (χ4n) is 3.63. The summed E-state index contributed by atoms with van der Waals surface area (Å²) in [5.74, 6) is 2.16. The molecule has 3 N–H and O–H groups in total. The number of ether oxygens (including phenoxy) is 2. The van der Waals surface area contributed by atoms with Gasteiger partial charge < -0.3 is 29.3 Å². The van der Waals surface area contributed by atoms with Gasteiger partial charge in [-0.25, -0.2) is 14.8 Å². The zero-order chi connectivity index (χ0) is 21.4. The van der Waals surface area contributed by atoms with Crippen LogP contribution in [0.1, 0.15) is 5.56 Å². The molecule has 3 aromatic heterocycles. The van der Waals surface area contributed by atoms with Crippen molar-refractivity contribution in [3.05, 3.63) is 71.0 Å². The van der Waals surface area contributed by atoms with E-state index in [2.05, 4.69) is 25.3 Å². The van der Waals surface area contributed by atoms with Crippen molar-refractivity contribution in [3.63, 3.8) is 0 Å². The molecular formula is C22H20N6O3. The van der Waals surface area contributed by atoms with Gasteiger partial charge in [-0.3, -0.25) is 0 Å². The lowest BCUT2D eigenvalue weighted by molar-refractivity contribution is 0.393. The first-order valence-corrected chi connectivity index (χ1v) is 9.64. The SMILES string of the molecule is COc1cc(Cn2ccc3c(Nc4ccc5[nH]c(=O)[nH]c5c4)ncnc32)cc(OC)c1. The van der Waals surface area contributed by atoms with Gasteiger partial charge in [0.25, 0.3) is 0 Å². The zero-order valence-corrected chi connectivity index (χ0v) is 17.0. The maximum Gasteiger partial charge on any atom is 0.323 e. The molecule has 0 saturated carbocycles. The highest BCUT2D eigenvalue weighted by atomic mass is 16.5. The van der Waals surface area contributed by atoms with Crippen molar-refractivity contribution in [3.8, 4) is 11.5 Å². The number of benzene rings is 2. The lowest BCUT2D eigenvalue weighted by Crippen LogP contribution is -2.02. The number of imidazole rings is 1. The summed E-state index contributed by atoms with van der Waals surface area (Å²) in [5, 5.41) is 4.21. The first-order chi connectivity index (χ1) is 15.1. The molecule has 5 rings (SSSR count). The molecule has 0 aliphatic heterocycles. The third kappa shape index (κ3) is 3.57. The Bertz CT molecular complexity index is 1430. The van der Waals surface area contributed by atoms with Gasteiger partial charge in [0.1, 0.15) is 29.3 Å². The Morgan fingerprint density at radius 2 is 1.74 bits per heavy atom. The van der Waals surface area contributed by atoms with E-state index in [0.717, 1.165) is 44.8 Å². The first-order valence-electron chi connectivity index (χ1n) is 9.64. The van der Waals surface area contributed by atoms with Gasteiger partial charge in [-0.1, -0.05) is 0 Å². The molecule has 0 aliphatic rings. The maximum absolute atomic E-state index is 11.5. The van der Waals surface area contributed by atoms with Gasteiger partial charge in [0.15, 0.2) is 0 Å². The largest absolute Gasteiger partial charge is 0.497 e. The minimum atomic E-state index is -0.233. The van der Waals surface area contributed by atoms with E-state index in [9.17, 15) is 4.79 Å². The highest BCUT2D eigenvalue weighted by molar-refractivity contribution is 5.90. The molecule has 9 nitrogen and oxygen atoms in total. The summed E-state index contributed by atoms with van der Waals surface area (Å²) in [6, 6.07) is 13.4.